The van der Waals surface area contributed by atoms with Gasteiger partial charge in [0.15, 0.2) is 17.5 Å². The first-order valence-corrected chi connectivity index (χ1v) is 12.9. The Morgan fingerprint density at radius 2 is 1.74 bits per heavy atom. The first-order valence-electron chi connectivity index (χ1n) is 12.6. The zero-order valence-electron chi connectivity index (χ0n) is 20.9. The number of amides is 2. The maximum atomic E-state index is 15.1. The molecule has 2 aliphatic heterocycles. The normalized spacial score (nSPS) is 19.9. The van der Waals surface area contributed by atoms with Crippen LogP contribution in [-0.2, 0) is 9.59 Å². The molecule has 2 atom stereocenters. The molecule has 2 aromatic carbocycles. The van der Waals surface area contributed by atoms with E-state index in [9.17, 15) is 22.8 Å². The summed E-state index contributed by atoms with van der Waals surface area (Å²) in [5.74, 6) is -5.16. The van der Waals surface area contributed by atoms with Crippen LogP contribution in [0.15, 0.2) is 48.7 Å². The van der Waals surface area contributed by atoms with Crippen molar-refractivity contribution in [3.63, 3.8) is 0 Å². The molecular weight excluding hydrogens is 534 g/mol. The molecule has 2 amide bonds. The van der Waals surface area contributed by atoms with Gasteiger partial charge in [-0.3, -0.25) is 14.6 Å². The number of halogens is 5. The van der Waals surface area contributed by atoms with Crippen LogP contribution in [0.1, 0.15) is 49.9 Å². The van der Waals surface area contributed by atoms with Crippen LogP contribution < -0.4 is 5.32 Å². The van der Waals surface area contributed by atoms with Crippen molar-refractivity contribution in [1.82, 2.24) is 9.88 Å². The van der Waals surface area contributed by atoms with Gasteiger partial charge in [0.1, 0.15) is 5.82 Å². The monoisotopic (exact) mass is 557 g/mol. The summed E-state index contributed by atoms with van der Waals surface area (Å²) < 4.78 is 58.4. The highest BCUT2D eigenvalue weighted by atomic mass is 35.5. The summed E-state index contributed by atoms with van der Waals surface area (Å²) in [5, 5.41) is 2.47. The fourth-order valence-corrected chi connectivity index (χ4v) is 5.33. The van der Waals surface area contributed by atoms with Crippen molar-refractivity contribution in [2.24, 2.45) is 5.92 Å². The number of carbonyl (C=O) groups is 2. The number of fused-ring (bicyclic) bond motifs is 4. The fourth-order valence-electron chi connectivity index (χ4n) is 5.17. The molecule has 39 heavy (non-hydrogen) atoms. The number of rotatable bonds is 2. The van der Waals surface area contributed by atoms with Crippen LogP contribution >= 0.6 is 11.6 Å². The number of carbonyl (C=O) groups excluding carboxylic acids is 2. The zero-order chi connectivity index (χ0) is 27.8. The molecule has 10 heteroatoms. The lowest BCUT2D eigenvalue weighted by Gasteiger charge is -2.34. The van der Waals surface area contributed by atoms with Crippen LogP contribution in [0.25, 0.3) is 16.7 Å². The molecular formula is C29H24ClF4N3O2. The van der Waals surface area contributed by atoms with Crippen LogP contribution in [0.2, 0.25) is 5.02 Å². The smallest absolute Gasteiger partial charge is 0.247 e. The van der Waals surface area contributed by atoms with Crippen LogP contribution in [-0.4, -0.2) is 28.2 Å². The molecule has 0 saturated carbocycles. The molecule has 202 valence electrons. The maximum absolute atomic E-state index is 15.1. The van der Waals surface area contributed by atoms with E-state index in [4.69, 9.17) is 11.6 Å². The summed E-state index contributed by atoms with van der Waals surface area (Å²) in [6, 6.07) is 6.95. The Bertz CT molecular complexity index is 1510. The van der Waals surface area contributed by atoms with E-state index in [-0.39, 0.29) is 51.8 Å². The van der Waals surface area contributed by atoms with E-state index < -0.39 is 41.1 Å². The third kappa shape index (κ3) is 5.15. The van der Waals surface area contributed by atoms with Gasteiger partial charge in [0.05, 0.1) is 28.0 Å². The van der Waals surface area contributed by atoms with Crippen molar-refractivity contribution in [2.45, 2.75) is 38.6 Å². The molecule has 0 aliphatic carbocycles. The Hall–Kier alpha value is -3.72. The molecule has 1 N–H and O–H groups in total. The first-order chi connectivity index (χ1) is 18.7. The number of pyridine rings is 1. The molecule has 5 rings (SSSR count). The number of aromatic nitrogens is 1. The minimum absolute atomic E-state index is 0.113. The lowest BCUT2D eigenvalue weighted by Crippen LogP contribution is -2.38. The second kappa shape index (κ2) is 10.8. The maximum Gasteiger partial charge on any atom is 0.247 e. The quantitative estimate of drug-likeness (QED) is 0.271. The molecule has 1 aromatic heterocycles. The molecule has 0 radical (unpaired) electrons. The van der Waals surface area contributed by atoms with Crippen molar-refractivity contribution in [2.75, 3.05) is 11.9 Å². The van der Waals surface area contributed by atoms with E-state index >= 15 is 4.39 Å². The van der Waals surface area contributed by atoms with Gasteiger partial charge in [-0.15, -0.1) is 0 Å². The molecule has 3 heterocycles. The summed E-state index contributed by atoms with van der Waals surface area (Å²) in [5.41, 5.74) is 0.620. The first kappa shape index (κ1) is 26.9. The Balaban J connectivity index is 1.56. The van der Waals surface area contributed by atoms with E-state index in [0.717, 1.165) is 18.2 Å². The number of nitrogens with one attached hydrogen (secondary N) is 1. The van der Waals surface area contributed by atoms with Crippen molar-refractivity contribution in [1.29, 1.82) is 0 Å². The number of nitrogens with zero attached hydrogens (tertiary/aromatic N) is 2. The average molecular weight is 558 g/mol. The Morgan fingerprint density at radius 3 is 2.51 bits per heavy atom. The summed E-state index contributed by atoms with van der Waals surface area (Å²) in [6.07, 6.45) is 4.27. The Labute approximate surface area is 227 Å². The van der Waals surface area contributed by atoms with Crippen molar-refractivity contribution in [3.05, 3.63) is 88.2 Å². The topological polar surface area (TPSA) is 62.3 Å². The van der Waals surface area contributed by atoms with Gasteiger partial charge in [-0.25, -0.2) is 17.6 Å². The highest BCUT2D eigenvalue weighted by Gasteiger charge is 2.31. The summed E-state index contributed by atoms with van der Waals surface area (Å²) in [4.78, 5) is 32.2. The molecule has 0 fully saturated rings. The van der Waals surface area contributed by atoms with E-state index in [0.29, 0.717) is 25.0 Å². The summed E-state index contributed by atoms with van der Waals surface area (Å²) >= 11 is 5.84. The van der Waals surface area contributed by atoms with Crippen molar-refractivity contribution < 1.29 is 27.2 Å². The van der Waals surface area contributed by atoms with Crippen LogP contribution in [0.3, 0.4) is 0 Å². The van der Waals surface area contributed by atoms with Gasteiger partial charge in [0, 0.05) is 30.3 Å². The average Bonchev–Trinajstić information content (AvgIpc) is 2.91. The minimum Gasteiger partial charge on any atom is -0.330 e. The lowest BCUT2D eigenvalue weighted by molar-refractivity contribution is -0.129. The van der Waals surface area contributed by atoms with Crippen LogP contribution in [0.4, 0.5) is 23.2 Å². The van der Waals surface area contributed by atoms with Gasteiger partial charge in [0.25, 0.3) is 0 Å². The summed E-state index contributed by atoms with van der Waals surface area (Å²) in [6.45, 7) is 1.88. The SMILES string of the molecule is CC1CCCC(N2CCC(c3c(F)ccc(Cl)c3F)=CC2=O)c2cc(ccn2)-c2c(ccc(F)c2F)NC1=O. The molecule has 2 unspecified atom stereocenters. The molecule has 2 aliphatic rings. The van der Waals surface area contributed by atoms with Crippen LogP contribution in [0, 0.1) is 29.2 Å². The van der Waals surface area contributed by atoms with E-state index in [1.54, 1.807) is 17.9 Å². The molecule has 0 spiro atoms. The molecule has 5 nitrogen and oxygen atoms in total. The summed E-state index contributed by atoms with van der Waals surface area (Å²) in [7, 11) is 0. The van der Waals surface area contributed by atoms with Gasteiger partial charge >= 0.3 is 0 Å². The molecule has 3 aromatic rings. The molecule has 0 saturated heterocycles. The van der Waals surface area contributed by atoms with E-state index in [1.807, 2.05) is 0 Å². The van der Waals surface area contributed by atoms with E-state index in [2.05, 4.69) is 10.3 Å². The second-order valence-corrected chi connectivity index (χ2v) is 10.2. The standard InChI is InChI=1S/C29H24ClF4N3O2/c1-15-3-2-4-23(37-12-10-17(14-24(37)38)25-19(31)6-5-18(30)27(25)33)22-13-16(9-11-35-22)26-21(36-29(15)39)8-7-20(32)28(26)34/h5-9,11,13-15,23H,2-4,10,12H2,1H3,(H,36,39). The Morgan fingerprint density at radius 1 is 0.974 bits per heavy atom. The number of hydrogen-bond donors (Lipinski definition) is 1. The predicted octanol–water partition coefficient (Wildman–Crippen LogP) is 7.07. The van der Waals surface area contributed by atoms with Gasteiger partial charge < -0.3 is 10.2 Å². The second-order valence-electron chi connectivity index (χ2n) is 9.76. The minimum atomic E-state index is -1.11. The highest BCUT2D eigenvalue weighted by Crippen LogP contribution is 2.38. The van der Waals surface area contributed by atoms with Gasteiger partial charge in [-0.2, -0.15) is 0 Å². The van der Waals surface area contributed by atoms with Crippen LogP contribution in [0.5, 0.6) is 0 Å². The Kier molecular flexibility index (Phi) is 7.44. The number of anilines is 1. The van der Waals surface area contributed by atoms with Gasteiger partial charge in [-0.1, -0.05) is 24.9 Å². The van der Waals surface area contributed by atoms with E-state index in [1.165, 1.54) is 24.4 Å². The molecule has 2 bridgehead atoms. The number of hydrogen-bond acceptors (Lipinski definition) is 3. The third-order valence-electron chi connectivity index (χ3n) is 7.27. The van der Waals surface area contributed by atoms with Crippen molar-refractivity contribution >= 4 is 34.7 Å². The van der Waals surface area contributed by atoms with Crippen molar-refractivity contribution in [3.8, 4) is 11.1 Å². The third-order valence-corrected chi connectivity index (χ3v) is 7.56. The highest BCUT2D eigenvalue weighted by molar-refractivity contribution is 6.31. The largest absolute Gasteiger partial charge is 0.330 e. The van der Waals surface area contributed by atoms with Gasteiger partial charge in [-0.05, 0) is 66.8 Å². The fraction of sp³-hybridized carbons (Fsp3) is 0.276. The number of benzene rings is 2. The predicted molar refractivity (Wildman–Crippen MR) is 140 cm³/mol. The lowest BCUT2D eigenvalue weighted by atomic mass is 9.92. The zero-order valence-corrected chi connectivity index (χ0v) is 21.7. The van der Waals surface area contributed by atoms with Gasteiger partial charge in [0.2, 0.25) is 11.8 Å².